The molecule has 0 aromatic rings. The molecule has 96 valence electrons. The Morgan fingerprint density at radius 2 is 1.88 bits per heavy atom. The highest BCUT2D eigenvalue weighted by Gasteiger charge is 2.33. The van der Waals surface area contributed by atoms with Gasteiger partial charge in [0.1, 0.15) is 12.3 Å². The van der Waals surface area contributed by atoms with Gasteiger partial charge in [-0.15, -0.1) is 0 Å². The van der Waals surface area contributed by atoms with Gasteiger partial charge in [-0.2, -0.15) is 13.2 Å². The Morgan fingerprint density at radius 3 is 2.19 bits per heavy atom. The van der Waals surface area contributed by atoms with Crippen LogP contribution in [0.1, 0.15) is 0 Å². The van der Waals surface area contributed by atoms with E-state index in [1.54, 1.807) is 0 Å². The molecule has 0 saturated carbocycles. The van der Waals surface area contributed by atoms with E-state index in [1.807, 2.05) is 0 Å². The Kier molecular flexibility index (Phi) is 5.20. The zero-order chi connectivity index (χ0) is 13.0. The molecule has 0 atom stereocenters. The lowest BCUT2D eigenvalue weighted by Crippen LogP contribution is -2.44. The number of rotatable bonds is 5. The Hall–Kier alpha value is -0.830. The van der Waals surface area contributed by atoms with Gasteiger partial charge < -0.3 is 10.6 Å². The van der Waals surface area contributed by atoms with Crippen LogP contribution in [0.3, 0.4) is 0 Å². The van der Waals surface area contributed by atoms with Crippen LogP contribution in [0.25, 0.3) is 0 Å². The molecule has 9 heteroatoms. The van der Waals surface area contributed by atoms with Gasteiger partial charge in [0.25, 0.3) is 0 Å². The summed E-state index contributed by atoms with van der Waals surface area (Å²) in [6.07, 6.45) is -3.79. The minimum atomic E-state index is -4.57. The number of hydrogen-bond acceptors (Lipinski definition) is 4. The third-order valence-corrected chi connectivity index (χ3v) is 2.28. The van der Waals surface area contributed by atoms with Crippen molar-refractivity contribution < 1.29 is 26.4 Å². The van der Waals surface area contributed by atoms with Crippen LogP contribution in [0.5, 0.6) is 0 Å². The summed E-state index contributed by atoms with van der Waals surface area (Å²) in [5.41, 5.74) is 5.04. The average Bonchev–Trinajstić information content (AvgIpc) is 1.97. The fourth-order valence-electron chi connectivity index (χ4n) is 0.980. The van der Waals surface area contributed by atoms with Crippen molar-refractivity contribution in [2.45, 2.75) is 6.18 Å². The van der Waals surface area contributed by atoms with Crippen LogP contribution in [0.4, 0.5) is 13.2 Å². The van der Waals surface area contributed by atoms with Gasteiger partial charge >= 0.3 is 6.18 Å². The molecule has 0 heterocycles. The molecule has 0 fully saturated rings. The summed E-state index contributed by atoms with van der Waals surface area (Å²) in [6, 6.07) is 0. The quantitative estimate of drug-likeness (QED) is 0.716. The summed E-state index contributed by atoms with van der Waals surface area (Å²) in [5.74, 6) is -2.03. The highest BCUT2D eigenvalue weighted by molar-refractivity contribution is 7.91. The van der Waals surface area contributed by atoms with Crippen molar-refractivity contribution in [2.75, 3.05) is 31.6 Å². The molecular formula is C7H13F3N2O3S. The van der Waals surface area contributed by atoms with Gasteiger partial charge in [0.2, 0.25) is 5.91 Å². The predicted molar refractivity (Wildman–Crippen MR) is 51.4 cm³/mol. The van der Waals surface area contributed by atoms with Crippen LogP contribution in [0.2, 0.25) is 0 Å². The lowest BCUT2D eigenvalue weighted by atomic mass is 10.4. The SMILES string of the molecule is CS(=O)(=O)CC(=O)N(CCN)CC(F)(F)F. The molecule has 16 heavy (non-hydrogen) atoms. The lowest BCUT2D eigenvalue weighted by molar-refractivity contribution is -0.159. The molecule has 5 nitrogen and oxygen atoms in total. The van der Waals surface area contributed by atoms with E-state index in [4.69, 9.17) is 5.73 Å². The Balaban J connectivity index is 4.60. The Morgan fingerprint density at radius 1 is 1.38 bits per heavy atom. The van der Waals surface area contributed by atoms with E-state index in [9.17, 15) is 26.4 Å². The first-order chi connectivity index (χ1) is 7.05. The third kappa shape index (κ3) is 7.46. The van der Waals surface area contributed by atoms with Gasteiger partial charge in [-0.1, -0.05) is 0 Å². The van der Waals surface area contributed by atoms with Crippen LogP contribution in [-0.4, -0.2) is 57.0 Å². The molecule has 0 bridgehead atoms. The first-order valence-corrected chi connectivity index (χ1v) is 6.33. The topological polar surface area (TPSA) is 80.5 Å². The standard InChI is InChI=1S/C7H13F3N2O3S/c1-16(14,15)4-6(13)12(3-2-11)5-7(8,9)10/h2-5,11H2,1H3. The minimum absolute atomic E-state index is 0.161. The van der Waals surface area contributed by atoms with Gasteiger partial charge in [0.15, 0.2) is 9.84 Å². The minimum Gasteiger partial charge on any atom is -0.331 e. The van der Waals surface area contributed by atoms with E-state index in [1.165, 1.54) is 0 Å². The van der Waals surface area contributed by atoms with Gasteiger partial charge in [0, 0.05) is 19.3 Å². The molecule has 0 radical (unpaired) electrons. The summed E-state index contributed by atoms with van der Waals surface area (Å²) in [7, 11) is -3.64. The average molecular weight is 262 g/mol. The number of nitrogens with zero attached hydrogens (tertiary/aromatic N) is 1. The van der Waals surface area contributed by atoms with Crippen LogP contribution in [0.15, 0.2) is 0 Å². The summed E-state index contributed by atoms with van der Waals surface area (Å²) in [5, 5.41) is 0. The molecule has 0 spiro atoms. The largest absolute Gasteiger partial charge is 0.406 e. The van der Waals surface area contributed by atoms with E-state index in [0.717, 1.165) is 6.26 Å². The summed E-state index contributed by atoms with van der Waals surface area (Å²) in [4.78, 5) is 11.6. The number of carbonyl (C=O) groups excluding carboxylic acids is 1. The second-order valence-electron chi connectivity index (χ2n) is 3.29. The van der Waals surface area contributed by atoms with Crippen molar-refractivity contribution in [3.05, 3.63) is 0 Å². The van der Waals surface area contributed by atoms with Crippen molar-refractivity contribution in [3.8, 4) is 0 Å². The molecule has 0 aliphatic carbocycles. The van der Waals surface area contributed by atoms with Crippen LogP contribution in [-0.2, 0) is 14.6 Å². The maximum atomic E-state index is 12.0. The van der Waals surface area contributed by atoms with Crippen LogP contribution in [0, 0.1) is 0 Å². The number of alkyl halides is 3. The van der Waals surface area contributed by atoms with Crippen LogP contribution < -0.4 is 5.73 Å². The number of nitrogens with two attached hydrogens (primary N) is 1. The molecule has 0 aliphatic rings. The number of sulfone groups is 1. The second kappa shape index (κ2) is 5.48. The summed E-state index contributed by atoms with van der Waals surface area (Å²) < 4.78 is 57.6. The number of hydrogen-bond donors (Lipinski definition) is 1. The van der Waals surface area contributed by atoms with Gasteiger partial charge in [-0.05, 0) is 0 Å². The monoisotopic (exact) mass is 262 g/mol. The second-order valence-corrected chi connectivity index (χ2v) is 5.43. The normalized spacial score (nSPS) is 12.6. The molecule has 0 rings (SSSR count). The van der Waals surface area contributed by atoms with E-state index in [-0.39, 0.29) is 13.1 Å². The van der Waals surface area contributed by atoms with Gasteiger partial charge in [-0.3, -0.25) is 4.79 Å². The predicted octanol–water partition coefficient (Wildman–Crippen LogP) is -0.619. The van der Waals surface area contributed by atoms with Crippen molar-refractivity contribution in [2.24, 2.45) is 5.73 Å². The zero-order valence-electron chi connectivity index (χ0n) is 8.62. The highest BCUT2D eigenvalue weighted by atomic mass is 32.2. The molecular weight excluding hydrogens is 249 g/mol. The summed E-state index contributed by atoms with van der Waals surface area (Å²) in [6.45, 7) is -1.97. The fourth-order valence-corrected chi connectivity index (χ4v) is 1.61. The maximum absolute atomic E-state index is 12.0. The van der Waals surface area contributed by atoms with Crippen molar-refractivity contribution in [3.63, 3.8) is 0 Å². The molecule has 0 aromatic carbocycles. The Labute approximate surface area is 91.3 Å². The Bertz CT molecular complexity index is 339. The molecule has 0 aromatic heterocycles. The van der Waals surface area contributed by atoms with Gasteiger partial charge in [0.05, 0.1) is 0 Å². The number of amides is 1. The highest BCUT2D eigenvalue weighted by Crippen LogP contribution is 2.16. The molecule has 0 unspecified atom stereocenters. The van der Waals surface area contributed by atoms with Crippen molar-refractivity contribution in [1.82, 2.24) is 4.90 Å². The molecule has 0 saturated heterocycles. The first-order valence-electron chi connectivity index (χ1n) is 4.27. The summed E-state index contributed by atoms with van der Waals surface area (Å²) >= 11 is 0. The third-order valence-electron chi connectivity index (χ3n) is 1.51. The number of carbonyl (C=O) groups is 1. The number of halogens is 3. The molecule has 1 amide bonds. The lowest BCUT2D eigenvalue weighted by Gasteiger charge is -2.22. The first kappa shape index (κ1) is 15.2. The molecule has 0 aliphatic heterocycles. The van der Waals surface area contributed by atoms with Crippen molar-refractivity contribution >= 4 is 15.7 Å². The fraction of sp³-hybridized carbons (Fsp3) is 0.857. The van der Waals surface area contributed by atoms with E-state index >= 15 is 0 Å². The smallest absolute Gasteiger partial charge is 0.331 e. The van der Waals surface area contributed by atoms with E-state index in [2.05, 4.69) is 0 Å². The van der Waals surface area contributed by atoms with Gasteiger partial charge in [-0.25, -0.2) is 8.42 Å². The van der Waals surface area contributed by atoms with Crippen molar-refractivity contribution in [1.29, 1.82) is 0 Å². The van der Waals surface area contributed by atoms with Crippen LogP contribution >= 0.6 is 0 Å². The van der Waals surface area contributed by atoms with E-state index in [0.29, 0.717) is 4.90 Å². The zero-order valence-corrected chi connectivity index (χ0v) is 9.44. The maximum Gasteiger partial charge on any atom is 0.406 e. The molecule has 2 N–H and O–H groups in total. The van der Waals surface area contributed by atoms with E-state index < -0.39 is 34.2 Å².